The molecule has 9 heteroatoms. The molecule has 2 unspecified atom stereocenters. The molecule has 0 saturated carbocycles. The van der Waals surface area contributed by atoms with Crippen LogP contribution in [0.1, 0.15) is 56.2 Å². The van der Waals surface area contributed by atoms with Gasteiger partial charge in [0.2, 0.25) is 0 Å². The fourth-order valence-corrected chi connectivity index (χ4v) is 2.88. The van der Waals surface area contributed by atoms with E-state index >= 15 is 0 Å². The van der Waals surface area contributed by atoms with E-state index < -0.39 is 17.6 Å². The number of carbonyl (C=O) groups is 1. The first-order valence-electron chi connectivity index (χ1n) is 10.3. The molecule has 1 amide bonds. The molecule has 0 aliphatic rings. The molecule has 0 saturated heterocycles. The number of amides is 1. The van der Waals surface area contributed by atoms with Crippen LogP contribution in [0.2, 0.25) is 0 Å². The van der Waals surface area contributed by atoms with Crippen molar-refractivity contribution in [1.29, 1.82) is 0 Å². The molecular weight excluding hydrogens is 411 g/mol. The van der Waals surface area contributed by atoms with Crippen molar-refractivity contribution < 1.29 is 27.6 Å². The second-order valence-corrected chi connectivity index (χ2v) is 8.33. The Bertz CT molecular complexity index is 861. The van der Waals surface area contributed by atoms with Gasteiger partial charge in [0.15, 0.2) is 11.5 Å². The number of aliphatic hydroxyl groups excluding tert-OH is 1. The molecule has 6 nitrogen and oxygen atoms in total. The molecule has 2 rings (SSSR count). The van der Waals surface area contributed by atoms with Crippen LogP contribution in [0.15, 0.2) is 28.8 Å². The fourth-order valence-electron chi connectivity index (χ4n) is 2.88. The van der Waals surface area contributed by atoms with E-state index in [2.05, 4.69) is 15.8 Å². The molecule has 3 N–H and O–H groups in total. The van der Waals surface area contributed by atoms with E-state index in [1.54, 1.807) is 0 Å². The van der Waals surface area contributed by atoms with Crippen LogP contribution < -0.4 is 10.6 Å². The first kappa shape index (κ1) is 24.9. The van der Waals surface area contributed by atoms with Gasteiger partial charge in [-0.05, 0) is 30.9 Å². The Morgan fingerprint density at radius 3 is 2.19 bits per heavy atom. The van der Waals surface area contributed by atoms with Crippen LogP contribution in [0.4, 0.5) is 13.2 Å². The Balaban J connectivity index is 2.41. The van der Waals surface area contributed by atoms with Crippen molar-refractivity contribution in [3.63, 3.8) is 0 Å². The Kier molecular flexibility index (Phi) is 8.25. The number of benzene rings is 1. The van der Waals surface area contributed by atoms with E-state index in [-0.39, 0.29) is 48.5 Å². The van der Waals surface area contributed by atoms with Gasteiger partial charge in [0.05, 0.1) is 12.2 Å². The summed E-state index contributed by atoms with van der Waals surface area (Å²) in [6.45, 7) is 9.74. The number of aliphatic hydroxyl groups is 1. The molecule has 0 spiro atoms. The molecule has 2 atom stereocenters. The Hall–Kier alpha value is -2.39. The van der Waals surface area contributed by atoms with Gasteiger partial charge in [-0.2, -0.15) is 13.2 Å². The maximum Gasteiger partial charge on any atom is 0.416 e. The molecule has 0 radical (unpaired) electrons. The zero-order valence-corrected chi connectivity index (χ0v) is 18.4. The molecule has 0 bridgehead atoms. The molecule has 0 aliphatic heterocycles. The molecule has 1 aromatic heterocycles. The van der Waals surface area contributed by atoms with Crippen molar-refractivity contribution in [1.82, 2.24) is 15.8 Å². The summed E-state index contributed by atoms with van der Waals surface area (Å²) >= 11 is 0. The monoisotopic (exact) mass is 441 g/mol. The smallest absolute Gasteiger partial charge is 0.395 e. The summed E-state index contributed by atoms with van der Waals surface area (Å²) in [6, 6.07) is 4.15. The summed E-state index contributed by atoms with van der Waals surface area (Å²) in [5.41, 5.74) is 0.0836. The van der Waals surface area contributed by atoms with Crippen molar-refractivity contribution >= 4 is 5.91 Å². The number of hydrogen-bond acceptors (Lipinski definition) is 5. The third kappa shape index (κ3) is 6.30. The maximum atomic E-state index is 12.9. The van der Waals surface area contributed by atoms with Crippen LogP contribution in [0.3, 0.4) is 0 Å². The van der Waals surface area contributed by atoms with Gasteiger partial charge in [-0.3, -0.25) is 4.79 Å². The summed E-state index contributed by atoms with van der Waals surface area (Å²) in [7, 11) is 0. The first-order valence-corrected chi connectivity index (χ1v) is 10.3. The van der Waals surface area contributed by atoms with Crippen molar-refractivity contribution in [2.75, 3.05) is 6.61 Å². The second-order valence-electron chi connectivity index (χ2n) is 8.33. The molecule has 2 aromatic rings. The van der Waals surface area contributed by atoms with E-state index in [1.807, 2.05) is 34.6 Å². The van der Waals surface area contributed by atoms with E-state index in [0.29, 0.717) is 11.1 Å². The van der Waals surface area contributed by atoms with Gasteiger partial charge in [0.1, 0.15) is 0 Å². The van der Waals surface area contributed by atoms with Crippen LogP contribution >= 0.6 is 0 Å². The number of nitrogens with one attached hydrogen (secondary N) is 2. The summed E-state index contributed by atoms with van der Waals surface area (Å²) in [6.07, 6.45) is -4.45. The molecule has 1 heterocycles. The average Bonchev–Trinajstić information content (AvgIpc) is 3.11. The zero-order chi connectivity index (χ0) is 23.3. The average molecular weight is 441 g/mol. The predicted octanol–water partition coefficient (Wildman–Crippen LogP) is 4.24. The number of alkyl halides is 3. The number of hydrogen-bond donors (Lipinski definition) is 3. The van der Waals surface area contributed by atoms with Crippen molar-refractivity contribution in [2.45, 2.75) is 59.4 Å². The minimum absolute atomic E-state index is 0.0651. The van der Waals surface area contributed by atoms with Crippen molar-refractivity contribution in [3.05, 3.63) is 41.1 Å². The highest BCUT2D eigenvalue weighted by molar-refractivity contribution is 5.95. The zero-order valence-electron chi connectivity index (χ0n) is 18.4. The van der Waals surface area contributed by atoms with Crippen LogP contribution in [0.25, 0.3) is 11.3 Å². The van der Waals surface area contributed by atoms with Crippen molar-refractivity contribution in [2.24, 2.45) is 11.8 Å². The number of rotatable bonds is 9. The quantitative estimate of drug-likeness (QED) is 0.542. The maximum absolute atomic E-state index is 12.9. The van der Waals surface area contributed by atoms with Crippen LogP contribution in [0.5, 0.6) is 0 Å². The normalized spacial score (nSPS) is 14.2. The molecule has 31 heavy (non-hydrogen) atoms. The van der Waals surface area contributed by atoms with Gasteiger partial charge < -0.3 is 20.3 Å². The molecule has 0 fully saturated rings. The number of halogens is 3. The SMILES string of the molecule is CC(C)C(C)NC(=O)c1noc(-c2ccc(C(F)(F)F)cc2)c1CNC(CO)C(C)C. The lowest BCUT2D eigenvalue weighted by Crippen LogP contribution is -2.38. The van der Waals surface area contributed by atoms with E-state index in [4.69, 9.17) is 4.52 Å². The largest absolute Gasteiger partial charge is 0.416 e. The van der Waals surface area contributed by atoms with Gasteiger partial charge in [-0.25, -0.2) is 0 Å². The predicted molar refractivity (Wildman–Crippen MR) is 111 cm³/mol. The standard InChI is InChI=1S/C22H30F3N3O3/c1-12(2)14(5)27-21(30)19-17(10-26-18(11-29)13(3)4)20(31-28-19)15-6-8-16(9-7-15)22(23,24)25/h6-9,12-14,18,26,29H,10-11H2,1-5H3,(H,27,30). The Morgan fingerprint density at radius 1 is 1.10 bits per heavy atom. The van der Waals surface area contributed by atoms with Gasteiger partial charge in [0, 0.05) is 29.8 Å². The van der Waals surface area contributed by atoms with Gasteiger partial charge >= 0.3 is 6.18 Å². The van der Waals surface area contributed by atoms with Gasteiger partial charge in [0.25, 0.3) is 5.91 Å². The minimum Gasteiger partial charge on any atom is -0.395 e. The number of carbonyl (C=O) groups excluding carboxylic acids is 1. The van der Waals surface area contributed by atoms with Crippen LogP contribution in [-0.2, 0) is 12.7 Å². The lowest BCUT2D eigenvalue weighted by molar-refractivity contribution is -0.137. The molecular formula is C22H30F3N3O3. The number of aromatic nitrogens is 1. The fraction of sp³-hybridized carbons (Fsp3) is 0.545. The highest BCUT2D eigenvalue weighted by Crippen LogP contribution is 2.32. The summed E-state index contributed by atoms with van der Waals surface area (Å²) < 4.78 is 44.1. The summed E-state index contributed by atoms with van der Waals surface area (Å²) in [5.74, 6) is 0.109. The second kappa shape index (κ2) is 10.3. The van der Waals surface area contributed by atoms with Gasteiger partial charge in [-0.15, -0.1) is 0 Å². The van der Waals surface area contributed by atoms with E-state index in [1.165, 1.54) is 12.1 Å². The summed E-state index contributed by atoms with van der Waals surface area (Å²) in [4.78, 5) is 12.8. The van der Waals surface area contributed by atoms with Gasteiger partial charge in [-0.1, -0.05) is 45.0 Å². The minimum atomic E-state index is -4.45. The van der Waals surface area contributed by atoms with E-state index in [9.17, 15) is 23.1 Å². The topological polar surface area (TPSA) is 87.4 Å². The lowest BCUT2D eigenvalue weighted by atomic mass is 10.0. The highest BCUT2D eigenvalue weighted by Gasteiger charge is 2.31. The van der Waals surface area contributed by atoms with Crippen molar-refractivity contribution in [3.8, 4) is 11.3 Å². The first-order chi connectivity index (χ1) is 14.5. The third-order valence-electron chi connectivity index (χ3n) is 5.38. The highest BCUT2D eigenvalue weighted by atomic mass is 19.4. The van der Waals surface area contributed by atoms with E-state index in [0.717, 1.165) is 12.1 Å². The summed E-state index contributed by atoms with van der Waals surface area (Å²) in [5, 5.41) is 19.5. The Morgan fingerprint density at radius 2 is 1.71 bits per heavy atom. The van der Waals surface area contributed by atoms with Crippen LogP contribution in [0, 0.1) is 11.8 Å². The number of nitrogens with zero attached hydrogens (tertiary/aromatic N) is 1. The Labute approximate surface area is 180 Å². The molecule has 172 valence electrons. The lowest BCUT2D eigenvalue weighted by Gasteiger charge is -2.20. The molecule has 1 aromatic carbocycles. The van der Waals surface area contributed by atoms with Crippen LogP contribution in [-0.4, -0.2) is 34.9 Å². The molecule has 0 aliphatic carbocycles. The third-order valence-corrected chi connectivity index (χ3v) is 5.38.